The number of sulfonamides is 1. The molecule has 0 spiro atoms. The summed E-state index contributed by atoms with van der Waals surface area (Å²) in [5, 5.41) is 2.75. The van der Waals surface area contributed by atoms with Crippen LogP contribution in [0.3, 0.4) is 0 Å². The second kappa shape index (κ2) is 8.76. The van der Waals surface area contributed by atoms with Gasteiger partial charge in [-0.15, -0.1) is 0 Å². The smallest absolute Gasteiger partial charge is 0.254 e. The van der Waals surface area contributed by atoms with E-state index in [2.05, 4.69) is 10.0 Å². The maximum absolute atomic E-state index is 13.1. The Labute approximate surface area is 181 Å². The number of hydrogen-bond acceptors (Lipinski definition) is 4. The molecule has 166 valence electrons. The van der Waals surface area contributed by atoms with Crippen molar-refractivity contribution in [2.45, 2.75) is 50.1 Å². The molecule has 0 radical (unpaired) electrons. The maximum atomic E-state index is 13.1. The lowest BCUT2D eigenvalue weighted by atomic mass is 10.1. The number of carbonyl (C=O) groups excluding carboxylic acids is 2. The lowest BCUT2D eigenvalue weighted by molar-refractivity contribution is -0.119. The van der Waals surface area contributed by atoms with Crippen molar-refractivity contribution in [3.8, 4) is 0 Å². The quantitative estimate of drug-likeness (QED) is 0.736. The molecule has 0 bridgehead atoms. The van der Waals surface area contributed by atoms with E-state index in [-0.39, 0.29) is 16.7 Å². The van der Waals surface area contributed by atoms with Gasteiger partial charge in [-0.2, -0.15) is 0 Å². The minimum absolute atomic E-state index is 0.0920. The molecule has 1 aliphatic heterocycles. The Morgan fingerprint density at radius 3 is 2.23 bits per heavy atom. The van der Waals surface area contributed by atoms with Crippen LogP contribution in [0.25, 0.3) is 0 Å². The van der Waals surface area contributed by atoms with Crippen molar-refractivity contribution in [1.29, 1.82) is 0 Å². The number of nitrogens with one attached hydrogen (secondary N) is 2. The molecule has 2 aromatic rings. The molecule has 31 heavy (non-hydrogen) atoms. The second-order valence-corrected chi connectivity index (χ2v) is 10.2. The monoisotopic (exact) mass is 447 g/mol. The van der Waals surface area contributed by atoms with Gasteiger partial charge in [-0.3, -0.25) is 9.59 Å². The van der Waals surface area contributed by atoms with E-state index in [1.165, 1.54) is 53.4 Å². The van der Waals surface area contributed by atoms with Crippen molar-refractivity contribution in [1.82, 2.24) is 9.62 Å². The molecule has 1 saturated heterocycles. The summed E-state index contributed by atoms with van der Waals surface area (Å²) in [7, 11) is -3.67. The van der Waals surface area contributed by atoms with E-state index in [4.69, 9.17) is 0 Å². The molecule has 0 aliphatic carbocycles. The summed E-state index contributed by atoms with van der Waals surface area (Å²) in [5.41, 5.74) is 0.136. The maximum Gasteiger partial charge on any atom is 0.254 e. The Kier molecular flexibility index (Phi) is 6.47. The predicted octanol–water partition coefficient (Wildman–Crippen LogP) is 3.15. The van der Waals surface area contributed by atoms with Crippen LogP contribution >= 0.6 is 0 Å². The zero-order valence-corrected chi connectivity index (χ0v) is 18.5. The minimum atomic E-state index is -3.67. The summed E-state index contributed by atoms with van der Waals surface area (Å²) in [4.78, 5) is 27.1. The fourth-order valence-electron chi connectivity index (χ4n) is 3.45. The number of carbonyl (C=O) groups is 2. The van der Waals surface area contributed by atoms with Crippen LogP contribution in [0.4, 0.5) is 10.1 Å². The number of anilines is 1. The van der Waals surface area contributed by atoms with E-state index in [0.29, 0.717) is 30.6 Å². The molecule has 2 aromatic carbocycles. The Morgan fingerprint density at radius 2 is 1.65 bits per heavy atom. The average Bonchev–Trinajstić information content (AvgIpc) is 3.16. The fraction of sp³-hybridized carbons (Fsp3) is 0.364. The van der Waals surface area contributed by atoms with Gasteiger partial charge in [0.1, 0.15) is 11.9 Å². The molecule has 1 atom stereocenters. The molecule has 9 heteroatoms. The third-order valence-electron chi connectivity index (χ3n) is 4.78. The SMILES string of the molecule is CC(C)(C)NS(=O)(=O)c1ccc(NC(=O)[C@H]2CCCN2C(=O)c2ccc(F)cc2)cc1. The number of rotatable bonds is 5. The van der Waals surface area contributed by atoms with Crippen molar-refractivity contribution in [3.63, 3.8) is 0 Å². The standard InChI is InChI=1S/C22H26FN3O4S/c1-22(2,3)25-31(29,30)18-12-10-17(11-13-18)24-20(27)19-5-4-14-26(19)21(28)15-6-8-16(23)9-7-15/h6-13,19,25H,4-5,14H2,1-3H3,(H,24,27)/t19-/m1/s1. The lowest BCUT2D eigenvalue weighted by Crippen LogP contribution is -2.43. The van der Waals surface area contributed by atoms with E-state index in [9.17, 15) is 22.4 Å². The van der Waals surface area contributed by atoms with Gasteiger partial charge in [-0.25, -0.2) is 17.5 Å². The number of hydrogen-bond donors (Lipinski definition) is 2. The molecule has 0 saturated carbocycles. The zero-order valence-electron chi connectivity index (χ0n) is 17.7. The lowest BCUT2D eigenvalue weighted by Gasteiger charge is -2.24. The topological polar surface area (TPSA) is 95.6 Å². The Hall–Kier alpha value is -2.78. The second-order valence-electron chi connectivity index (χ2n) is 8.53. The van der Waals surface area contributed by atoms with Gasteiger partial charge in [-0.1, -0.05) is 0 Å². The highest BCUT2D eigenvalue weighted by Crippen LogP contribution is 2.23. The van der Waals surface area contributed by atoms with Crippen LogP contribution in [-0.4, -0.2) is 43.3 Å². The molecule has 0 aromatic heterocycles. The van der Waals surface area contributed by atoms with E-state index < -0.39 is 27.4 Å². The zero-order chi connectivity index (χ0) is 22.8. The molecule has 1 fully saturated rings. The van der Waals surface area contributed by atoms with Crippen molar-refractivity contribution in [2.24, 2.45) is 0 Å². The first kappa shape index (κ1) is 22.9. The van der Waals surface area contributed by atoms with Gasteiger partial charge in [0.15, 0.2) is 0 Å². The minimum Gasteiger partial charge on any atom is -0.327 e. The summed E-state index contributed by atoms with van der Waals surface area (Å²) in [6, 6.07) is 10.4. The van der Waals surface area contributed by atoms with Crippen LogP contribution in [0.2, 0.25) is 0 Å². The Bertz CT molecular complexity index is 1060. The number of nitrogens with zero attached hydrogens (tertiary/aromatic N) is 1. The van der Waals surface area contributed by atoms with Gasteiger partial charge in [-0.05, 0) is 82.1 Å². The third kappa shape index (κ3) is 5.68. The van der Waals surface area contributed by atoms with Gasteiger partial charge in [0, 0.05) is 23.3 Å². The molecule has 0 unspecified atom stereocenters. The van der Waals surface area contributed by atoms with Gasteiger partial charge < -0.3 is 10.2 Å². The fourth-order valence-corrected chi connectivity index (χ4v) is 4.86. The molecule has 1 aliphatic rings. The number of benzene rings is 2. The summed E-state index contributed by atoms with van der Waals surface area (Å²) in [6.07, 6.45) is 1.20. The summed E-state index contributed by atoms with van der Waals surface area (Å²) in [6.45, 7) is 5.68. The highest BCUT2D eigenvalue weighted by atomic mass is 32.2. The van der Waals surface area contributed by atoms with Gasteiger partial charge >= 0.3 is 0 Å². The van der Waals surface area contributed by atoms with E-state index in [1.807, 2.05) is 0 Å². The summed E-state index contributed by atoms with van der Waals surface area (Å²) in [5.74, 6) is -1.11. The molecule has 7 nitrogen and oxygen atoms in total. The van der Waals surface area contributed by atoms with Crippen molar-refractivity contribution >= 4 is 27.5 Å². The van der Waals surface area contributed by atoms with Crippen LogP contribution in [0.15, 0.2) is 53.4 Å². The third-order valence-corrected chi connectivity index (χ3v) is 6.55. The van der Waals surface area contributed by atoms with Crippen molar-refractivity contribution in [2.75, 3.05) is 11.9 Å². The Morgan fingerprint density at radius 1 is 1.03 bits per heavy atom. The van der Waals surface area contributed by atoms with Gasteiger partial charge in [0.05, 0.1) is 4.90 Å². The Balaban J connectivity index is 1.69. The molecule has 2 amide bonds. The highest BCUT2D eigenvalue weighted by molar-refractivity contribution is 7.89. The van der Waals surface area contributed by atoms with E-state index in [0.717, 1.165) is 0 Å². The van der Waals surface area contributed by atoms with Crippen LogP contribution < -0.4 is 10.0 Å². The molecular weight excluding hydrogens is 421 g/mol. The van der Waals surface area contributed by atoms with Crippen LogP contribution in [0.5, 0.6) is 0 Å². The molecule has 2 N–H and O–H groups in total. The van der Waals surface area contributed by atoms with Crippen molar-refractivity contribution in [3.05, 3.63) is 59.9 Å². The summed E-state index contributed by atoms with van der Waals surface area (Å²) < 4.78 is 40.5. The normalized spacial score (nSPS) is 16.9. The molecular formula is C22H26FN3O4S. The summed E-state index contributed by atoms with van der Waals surface area (Å²) >= 11 is 0. The number of likely N-dealkylation sites (tertiary alicyclic amines) is 1. The van der Waals surface area contributed by atoms with Crippen LogP contribution in [0.1, 0.15) is 44.0 Å². The van der Waals surface area contributed by atoms with Crippen molar-refractivity contribution < 1.29 is 22.4 Å². The van der Waals surface area contributed by atoms with E-state index >= 15 is 0 Å². The first-order chi connectivity index (χ1) is 14.5. The molecule has 1 heterocycles. The first-order valence-electron chi connectivity index (χ1n) is 9.98. The highest BCUT2D eigenvalue weighted by Gasteiger charge is 2.34. The van der Waals surface area contributed by atoms with Crippen LogP contribution in [0, 0.1) is 5.82 Å². The van der Waals surface area contributed by atoms with E-state index in [1.54, 1.807) is 20.8 Å². The van der Waals surface area contributed by atoms with Gasteiger partial charge in [0.2, 0.25) is 15.9 Å². The number of amides is 2. The first-order valence-corrected chi connectivity index (χ1v) is 11.5. The average molecular weight is 448 g/mol. The number of halogens is 1. The largest absolute Gasteiger partial charge is 0.327 e. The predicted molar refractivity (Wildman–Crippen MR) is 116 cm³/mol. The van der Waals surface area contributed by atoms with Crippen LogP contribution in [-0.2, 0) is 14.8 Å². The molecule has 3 rings (SSSR count). The van der Waals surface area contributed by atoms with Gasteiger partial charge in [0.25, 0.3) is 5.91 Å².